The van der Waals surface area contributed by atoms with Crippen molar-refractivity contribution in [3.63, 3.8) is 0 Å². The van der Waals surface area contributed by atoms with Gasteiger partial charge in [0.25, 0.3) is 11.8 Å². The minimum Gasteiger partial charge on any atom is -0.488 e. The number of hydrogen-bond acceptors (Lipinski definition) is 4. The molecule has 0 aromatic heterocycles. The number of barbiturate groups is 1. The molecule has 6 nitrogen and oxygen atoms in total. The summed E-state index contributed by atoms with van der Waals surface area (Å²) in [5.74, 6) is -1.01. The predicted octanol–water partition coefficient (Wildman–Crippen LogP) is 6.05. The van der Waals surface area contributed by atoms with Gasteiger partial charge in [0.2, 0.25) is 0 Å². The minimum atomic E-state index is -0.828. The number of urea groups is 1. The van der Waals surface area contributed by atoms with Crippen molar-refractivity contribution < 1.29 is 19.1 Å². The zero-order valence-electron chi connectivity index (χ0n) is 19.3. The highest BCUT2D eigenvalue weighted by atomic mass is 35.5. The summed E-state index contributed by atoms with van der Waals surface area (Å²) in [4.78, 5) is 40.0. The Morgan fingerprint density at radius 3 is 2.44 bits per heavy atom. The van der Waals surface area contributed by atoms with E-state index < -0.39 is 17.8 Å². The zero-order chi connectivity index (χ0) is 25.2. The van der Waals surface area contributed by atoms with Crippen LogP contribution in [-0.4, -0.2) is 17.8 Å². The van der Waals surface area contributed by atoms with Crippen molar-refractivity contribution in [3.05, 3.63) is 112 Å². The molecule has 0 saturated carbocycles. The summed E-state index contributed by atoms with van der Waals surface area (Å²) in [6.45, 7) is 2.01. The Morgan fingerprint density at radius 1 is 0.889 bits per heavy atom. The van der Waals surface area contributed by atoms with Gasteiger partial charge < -0.3 is 4.74 Å². The molecule has 0 aliphatic carbocycles. The number of hydrogen-bond donors (Lipinski definition) is 1. The molecule has 1 saturated heterocycles. The summed E-state index contributed by atoms with van der Waals surface area (Å²) >= 11 is 6.23. The van der Waals surface area contributed by atoms with Crippen LogP contribution in [-0.2, 0) is 16.2 Å². The van der Waals surface area contributed by atoms with Crippen LogP contribution in [0.15, 0.2) is 90.5 Å². The molecule has 0 radical (unpaired) electrons. The first-order valence-corrected chi connectivity index (χ1v) is 11.7. The van der Waals surface area contributed by atoms with Crippen LogP contribution in [0.2, 0.25) is 5.02 Å². The molecule has 5 rings (SSSR count). The number of carbonyl (C=O) groups excluding carboxylic acids is 3. The summed E-state index contributed by atoms with van der Waals surface area (Å²) < 4.78 is 6.13. The van der Waals surface area contributed by atoms with Gasteiger partial charge in [-0.1, -0.05) is 78.3 Å². The van der Waals surface area contributed by atoms with Gasteiger partial charge in [0, 0.05) is 10.6 Å². The van der Waals surface area contributed by atoms with E-state index in [0.29, 0.717) is 34.2 Å². The Balaban J connectivity index is 1.61. The fourth-order valence-corrected chi connectivity index (χ4v) is 4.31. The second-order valence-electron chi connectivity index (χ2n) is 8.31. The van der Waals surface area contributed by atoms with Gasteiger partial charge >= 0.3 is 6.03 Å². The molecule has 7 heteroatoms. The van der Waals surface area contributed by atoms with Crippen molar-refractivity contribution in [3.8, 4) is 5.75 Å². The van der Waals surface area contributed by atoms with E-state index in [1.54, 1.807) is 25.1 Å². The molecule has 178 valence electrons. The minimum absolute atomic E-state index is 0.185. The lowest BCUT2D eigenvalue weighted by Crippen LogP contribution is -2.54. The number of imide groups is 2. The van der Waals surface area contributed by atoms with Crippen LogP contribution in [0.4, 0.5) is 10.5 Å². The third-order valence-corrected chi connectivity index (χ3v) is 6.45. The normalized spacial score (nSPS) is 14.9. The Hall–Kier alpha value is -4.42. The molecule has 1 heterocycles. The lowest BCUT2D eigenvalue weighted by atomic mass is 9.99. The number of halogens is 1. The summed E-state index contributed by atoms with van der Waals surface area (Å²) in [7, 11) is 0. The van der Waals surface area contributed by atoms with E-state index in [-0.39, 0.29) is 5.57 Å². The Bertz CT molecular complexity index is 1550. The van der Waals surface area contributed by atoms with Crippen molar-refractivity contribution >= 4 is 52.0 Å². The average molecular weight is 497 g/mol. The molecule has 36 heavy (non-hydrogen) atoms. The van der Waals surface area contributed by atoms with E-state index in [2.05, 4.69) is 5.32 Å². The van der Waals surface area contributed by atoms with Crippen molar-refractivity contribution in [1.82, 2.24) is 5.32 Å². The van der Waals surface area contributed by atoms with E-state index in [1.807, 2.05) is 66.7 Å². The van der Waals surface area contributed by atoms with Crippen LogP contribution in [0.25, 0.3) is 16.8 Å². The molecular weight excluding hydrogens is 476 g/mol. The van der Waals surface area contributed by atoms with Gasteiger partial charge in [-0.05, 0) is 53.1 Å². The molecule has 4 aromatic rings. The van der Waals surface area contributed by atoms with Crippen LogP contribution < -0.4 is 15.0 Å². The van der Waals surface area contributed by atoms with Gasteiger partial charge in [0.15, 0.2) is 0 Å². The maximum atomic E-state index is 13.5. The lowest BCUT2D eigenvalue weighted by Gasteiger charge is -2.28. The van der Waals surface area contributed by atoms with Crippen molar-refractivity contribution in [2.45, 2.75) is 13.5 Å². The van der Waals surface area contributed by atoms with E-state index in [4.69, 9.17) is 16.3 Å². The lowest BCUT2D eigenvalue weighted by molar-refractivity contribution is -0.122. The Morgan fingerprint density at radius 2 is 1.64 bits per heavy atom. The second kappa shape index (κ2) is 9.68. The quantitative estimate of drug-likeness (QED) is 0.270. The largest absolute Gasteiger partial charge is 0.488 e. The summed E-state index contributed by atoms with van der Waals surface area (Å²) in [6, 6.07) is 25.1. The fraction of sp³-hybridized carbons (Fsp3) is 0.0690. The molecular formula is C29H21ClN2O4. The Labute approximate surface area is 212 Å². The first-order chi connectivity index (χ1) is 17.4. The van der Waals surface area contributed by atoms with Crippen molar-refractivity contribution in [1.29, 1.82) is 0 Å². The highest BCUT2D eigenvalue weighted by Crippen LogP contribution is 2.33. The molecule has 4 aromatic carbocycles. The molecule has 1 aliphatic rings. The number of nitrogens with zero attached hydrogens (tertiary/aromatic N) is 1. The van der Waals surface area contributed by atoms with Gasteiger partial charge in [0.05, 0.1) is 5.69 Å². The number of benzene rings is 4. The van der Waals surface area contributed by atoms with E-state index in [0.717, 1.165) is 21.2 Å². The number of anilines is 1. The monoisotopic (exact) mass is 496 g/mol. The van der Waals surface area contributed by atoms with Crippen molar-refractivity contribution in [2.24, 2.45) is 0 Å². The number of nitrogens with one attached hydrogen (secondary N) is 1. The maximum Gasteiger partial charge on any atom is 0.335 e. The van der Waals surface area contributed by atoms with Crippen LogP contribution in [0.1, 0.15) is 16.7 Å². The third-order valence-electron chi connectivity index (χ3n) is 6.04. The topological polar surface area (TPSA) is 75.7 Å². The SMILES string of the molecule is Cc1c(Cl)cccc1N1C(=O)NC(=O)/C(=C\c2c(OCc3ccccc3)ccc3ccccc23)C1=O. The van der Waals surface area contributed by atoms with Gasteiger partial charge in [-0.25, -0.2) is 9.69 Å². The van der Waals surface area contributed by atoms with Crippen molar-refractivity contribution in [2.75, 3.05) is 4.90 Å². The highest BCUT2D eigenvalue weighted by molar-refractivity contribution is 6.40. The zero-order valence-corrected chi connectivity index (χ0v) is 20.1. The predicted molar refractivity (Wildman–Crippen MR) is 140 cm³/mol. The third kappa shape index (κ3) is 4.34. The fourth-order valence-electron chi connectivity index (χ4n) is 4.14. The number of carbonyl (C=O) groups is 3. The number of ether oxygens (including phenoxy) is 1. The Kier molecular flexibility index (Phi) is 6.27. The van der Waals surface area contributed by atoms with Gasteiger partial charge in [0.1, 0.15) is 17.9 Å². The first-order valence-electron chi connectivity index (χ1n) is 11.3. The molecule has 1 aliphatic heterocycles. The number of rotatable bonds is 5. The molecule has 1 N–H and O–H groups in total. The maximum absolute atomic E-state index is 13.5. The standard InChI is InChI=1S/C29H21ClN2O4/c1-18-24(30)12-7-13-25(18)32-28(34)23(27(33)31-29(32)35)16-22-21-11-6-5-10-20(21)14-15-26(22)36-17-19-8-3-2-4-9-19/h2-16H,17H2,1H3,(H,31,33,35)/b23-16+. The van der Waals surface area contributed by atoms with Crippen LogP contribution >= 0.6 is 11.6 Å². The van der Waals surface area contributed by atoms with E-state index in [9.17, 15) is 14.4 Å². The molecule has 0 spiro atoms. The second-order valence-corrected chi connectivity index (χ2v) is 8.72. The summed E-state index contributed by atoms with van der Waals surface area (Å²) in [5.41, 5.74) is 2.22. The highest BCUT2D eigenvalue weighted by Gasteiger charge is 2.38. The summed E-state index contributed by atoms with van der Waals surface area (Å²) in [6.07, 6.45) is 1.49. The molecule has 0 unspecified atom stereocenters. The smallest absolute Gasteiger partial charge is 0.335 e. The van der Waals surface area contributed by atoms with Crippen LogP contribution in [0.5, 0.6) is 5.75 Å². The number of fused-ring (bicyclic) bond motifs is 1. The van der Waals surface area contributed by atoms with Crippen LogP contribution in [0, 0.1) is 6.92 Å². The average Bonchev–Trinajstić information content (AvgIpc) is 2.88. The summed E-state index contributed by atoms with van der Waals surface area (Å²) in [5, 5.41) is 4.40. The van der Waals surface area contributed by atoms with E-state index in [1.165, 1.54) is 6.08 Å². The number of amides is 4. The molecule has 4 amide bonds. The van der Waals surface area contributed by atoms with Crippen LogP contribution in [0.3, 0.4) is 0 Å². The van der Waals surface area contributed by atoms with Gasteiger partial charge in [-0.15, -0.1) is 0 Å². The van der Waals surface area contributed by atoms with Gasteiger partial charge in [-0.3, -0.25) is 14.9 Å². The molecule has 0 bridgehead atoms. The van der Waals surface area contributed by atoms with Gasteiger partial charge in [-0.2, -0.15) is 0 Å². The van der Waals surface area contributed by atoms with E-state index >= 15 is 0 Å². The first kappa shape index (κ1) is 23.3. The molecule has 1 fully saturated rings. The molecule has 0 atom stereocenters.